The molecule has 2 nitrogen and oxygen atoms in total. The maximum absolute atomic E-state index is 6.65. The number of hydrogen-bond acceptors (Lipinski definition) is 2. The molecular weight excluding hydrogens is 307 g/mol. The summed E-state index contributed by atoms with van der Waals surface area (Å²) in [6, 6.07) is 9.70. The summed E-state index contributed by atoms with van der Waals surface area (Å²) >= 11 is 12.8. The highest BCUT2D eigenvalue weighted by Gasteiger charge is 2.17. The number of aryl methyl sites for hydroxylation is 2. The van der Waals surface area contributed by atoms with E-state index in [0.29, 0.717) is 16.5 Å². The maximum atomic E-state index is 6.65. The molecular formula is C17H18Cl2O2. The van der Waals surface area contributed by atoms with Crippen LogP contribution in [0.15, 0.2) is 30.3 Å². The van der Waals surface area contributed by atoms with Crippen LogP contribution in [0.2, 0.25) is 5.02 Å². The van der Waals surface area contributed by atoms with E-state index in [1.54, 1.807) is 14.2 Å². The molecule has 2 aromatic carbocycles. The van der Waals surface area contributed by atoms with E-state index >= 15 is 0 Å². The van der Waals surface area contributed by atoms with Crippen molar-refractivity contribution >= 4 is 23.2 Å². The van der Waals surface area contributed by atoms with Gasteiger partial charge < -0.3 is 9.47 Å². The van der Waals surface area contributed by atoms with Gasteiger partial charge in [0, 0.05) is 5.02 Å². The van der Waals surface area contributed by atoms with Crippen molar-refractivity contribution in [2.24, 2.45) is 0 Å². The van der Waals surface area contributed by atoms with Gasteiger partial charge in [0.15, 0.2) is 11.5 Å². The van der Waals surface area contributed by atoms with Crippen molar-refractivity contribution in [2.45, 2.75) is 19.2 Å². The Bertz CT molecular complexity index is 633. The Morgan fingerprint density at radius 2 is 1.52 bits per heavy atom. The summed E-state index contributed by atoms with van der Waals surface area (Å²) in [4.78, 5) is 0. The molecule has 0 bridgehead atoms. The zero-order chi connectivity index (χ0) is 15.6. The fourth-order valence-electron chi connectivity index (χ4n) is 2.36. The predicted molar refractivity (Wildman–Crippen MR) is 88.2 cm³/mol. The molecule has 0 N–H and O–H groups in total. The summed E-state index contributed by atoms with van der Waals surface area (Å²) in [6.07, 6.45) is 0. The standard InChI is InChI=1S/C17H18Cl2O2/c1-10-5-12(8-13(18)6-10)17(19)14-9-16(21-4)15(20-3)7-11(14)2/h5-9,17H,1-4H3. The molecule has 0 heterocycles. The van der Waals surface area contributed by atoms with Gasteiger partial charge in [-0.05, 0) is 60.4 Å². The summed E-state index contributed by atoms with van der Waals surface area (Å²) < 4.78 is 10.7. The number of halogens is 2. The zero-order valence-electron chi connectivity index (χ0n) is 12.5. The van der Waals surface area contributed by atoms with Crippen molar-refractivity contribution in [3.63, 3.8) is 0 Å². The Balaban J connectivity index is 2.49. The predicted octanol–water partition coefficient (Wildman–Crippen LogP) is 5.30. The van der Waals surface area contributed by atoms with Gasteiger partial charge in [-0.15, -0.1) is 11.6 Å². The summed E-state index contributed by atoms with van der Waals surface area (Å²) in [5.74, 6) is 1.37. The molecule has 0 aliphatic carbocycles. The first-order valence-electron chi connectivity index (χ1n) is 6.60. The molecule has 0 aromatic heterocycles. The maximum Gasteiger partial charge on any atom is 0.161 e. The number of rotatable bonds is 4. The molecule has 0 aliphatic rings. The van der Waals surface area contributed by atoms with Gasteiger partial charge in [0.25, 0.3) is 0 Å². The third-order valence-corrected chi connectivity index (χ3v) is 4.11. The minimum absolute atomic E-state index is 0.290. The minimum Gasteiger partial charge on any atom is -0.493 e. The highest BCUT2D eigenvalue weighted by molar-refractivity contribution is 6.31. The van der Waals surface area contributed by atoms with Crippen LogP contribution in [0.25, 0.3) is 0 Å². The van der Waals surface area contributed by atoms with E-state index in [2.05, 4.69) is 0 Å². The Labute approximate surface area is 135 Å². The van der Waals surface area contributed by atoms with Gasteiger partial charge in [0.2, 0.25) is 0 Å². The lowest BCUT2D eigenvalue weighted by molar-refractivity contribution is 0.354. The van der Waals surface area contributed by atoms with Crippen molar-refractivity contribution in [2.75, 3.05) is 14.2 Å². The van der Waals surface area contributed by atoms with Gasteiger partial charge in [-0.3, -0.25) is 0 Å². The van der Waals surface area contributed by atoms with Gasteiger partial charge in [-0.1, -0.05) is 17.7 Å². The van der Waals surface area contributed by atoms with Gasteiger partial charge in [-0.2, -0.15) is 0 Å². The quantitative estimate of drug-likeness (QED) is 0.710. The van der Waals surface area contributed by atoms with E-state index in [1.165, 1.54) is 0 Å². The SMILES string of the molecule is COc1cc(C)c(C(Cl)c2cc(C)cc(Cl)c2)cc1OC. The van der Waals surface area contributed by atoms with Gasteiger partial charge in [0.05, 0.1) is 19.6 Å². The zero-order valence-corrected chi connectivity index (χ0v) is 14.0. The first-order chi connectivity index (χ1) is 9.96. The summed E-state index contributed by atoms with van der Waals surface area (Å²) in [5, 5.41) is 0.399. The average molecular weight is 325 g/mol. The highest BCUT2D eigenvalue weighted by atomic mass is 35.5. The molecule has 2 rings (SSSR count). The third-order valence-electron chi connectivity index (χ3n) is 3.40. The lowest BCUT2D eigenvalue weighted by Crippen LogP contribution is -2.00. The Hall–Kier alpha value is -1.38. The molecule has 0 aliphatic heterocycles. The molecule has 1 atom stereocenters. The number of ether oxygens (including phenoxy) is 2. The van der Waals surface area contributed by atoms with Crippen LogP contribution < -0.4 is 9.47 Å². The first kappa shape index (κ1) is 16.0. The molecule has 0 fully saturated rings. The lowest BCUT2D eigenvalue weighted by atomic mass is 9.98. The largest absolute Gasteiger partial charge is 0.493 e. The van der Waals surface area contributed by atoms with Crippen LogP contribution in [-0.2, 0) is 0 Å². The molecule has 0 radical (unpaired) electrons. The normalized spacial score (nSPS) is 12.1. The molecule has 112 valence electrons. The second kappa shape index (κ2) is 6.59. The monoisotopic (exact) mass is 324 g/mol. The van der Waals surface area contributed by atoms with Crippen LogP contribution in [0.1, 0.15) is 27.6 Å². The Morgan fingerprint density at radius 3 is 2.10 bits per heavy atom. The van der Waals surface area contributed by atoms with E-state index in [0.717, 1.165) is 22.3 Å². The highest BCUT2D eigenvalue weighted by Crippen LogP contribution is 2.38. The summed E-state index contributed by atoms with van der Waals surface area (Å²) in [7, 11) is 3.24. The molecule has 1 unspecified atom stereocenters. The molecule has 0 spiro atoms. The second-order valence-corrected chi connectivity index (χ2v) is 5.86. The number of alkyl halides is 1. The fourth-order valence-corrected chi connectivity index (χ4v) is 3.02. The lowest BCUT2D eigenvalue weighted by Gasteiger charge is -2.17. The fraction of sp³-hybridized carbons (Fsp3) is 0.294. The molecule has 21 heavy (non-hydrogen) atoms. The van der Waals surface area contributed by atoms with Crippen LogP contribution >= 0.6 is 23.2 Å². The van der Waals surface area contributed by atoms with Crippen LogP contribution in [0.3, 0.4) is 0 Å². The minimum atomic E-state index is -0.290. The van der Waals surface area contributed by atoms with Crippen LogP contribution in [-0.4, -0.2) is 14.2 Å². The topological polar surface area (TPSA) is 18.5 Å². The summed E-state index contributed by atoms with van der Waals surface area (Å²) in [5.41, 5.74) is 4.08. The van der Waals surface area contributed by atoms with Gasteiger partial charge >= 0.3 is 0 Å². The van der Waals surface area contributed by atoms with E-state index in [-0.39, 0.29) is 5.38 Å². The van der Waals surface area contributed by atoms with E-state index in [9.17, 15) is 0 Å². The summed E-state index contributed by atoms with van der Waals surface area (Å²) in [6.45, 7) is 4.00. The van der Waals surface area contributed by atoms with Crippen molar-refractivity contribution in [1.29, 1.82) is 0 Å². The number of methoxy groups -OCH3 is 2. The van der Waals surface area contributed by atoms with Crippen LogP contribution in [0, 0.1) is 13.8 Å². The number of benzene rings is 2. The van der Waals surface area contributed by atoms with Crippen molar-refractivity contribution < 1.29 is 9.47 Å². The Morgan fingerprint density at radius 1 is 0.905 bits per heavy atom. The van der Waals surface area contributed by atoms with E-state index in [4.69, 9.17) is 32.7 Å². The molecule has 0 saturated carbocycles. The van der Waals surface area contributed by atoms with Crippen LogP contribution in [0.4, 0.5) is 0 Å². The smallest absolute Gasteiger partial charge is 0.161 e. The second-order valence-electron chi connectivity index (χ2n) is 4.99. The molecule has 4 heteroatoms. The number of hydrogen-bond donors (Lipinski definition) is 0. The van der Waals surface area contributed by atoms with Crippen molar-refractivity contribution in [3.05, 3.63) is 57.6 Å². The molecule has 2 aromatic rings. The van der Waals surface area contributed by atoms with Crippen molar-refractivity contribution in [3.8, 4) is 11.5 Å². The van der Waals surface area contributed by atoms with Crippen LogP contribution in [0.5, 0.6) is 11.5 Å². The van der Waals surface area contributed by atoms with Gasteiger partial charge in [0.1, 0.15) is 0 Å². The third kappa shape index (κ3) is 3.45. The van der Waals surface area contributed by atoms with E-state index in [1.807, 2.05) is 44.2 Å². The van der Waals surface area contributed by atoms with E-state index < -0.39 is 0 Å². The molecule has 0 amide bonds. The van der Waals surface area contributed by atoms with Gasteiger partial charge in [-0.25, -0.2) is 0 Å². The average Bonchev–Trinajstić information content (AvgIpc) is 2.45. The van der Waals surface area contributed by atoms with Crippen molar-refractivity contribution in [1.82, 2.24) is 0 Å². The Kier molecular flexibility index (Phi) is 5.02. The molecule has 0 saturated heterocycles. The first-order valence-corrected chi connectivity index (χ1v) is 7.41.